The Balaban J connectivity index is 1.49. The first kappa shape index (κ1) is 26.4. The Morgan fingerprint density at radius 2 is 1.91 bits per heavy atom. The van der Waals surface area contributed by atoms with E-state index in [1.54, 1.807) is 36.7 Å². The van der Waals surface area contributed by atoms with Crippen LogP contribution in [0.15, 0.2) is 47.6 Å². The molecule has 0 bridgehead atoms. The number of carbonyl (C=O) groups excluding carboxylic acids is 2. The highest BCUT2D eigenvalue weighted by Gasteiger charge is 2.17. The molecule has 2 aromatic carbocycles. The third kappa shape index (κ3) is 7.37. The number of rotatable bonds is 11. The van der Waals surface area contributed by atoms with E-state index < -0.39 is 6.10 Å². The summed E-state index contributed by atoms with van der Waals surface area (Å²) in [5.74, 6) is 1.30. The van der Waals surface area contributed by atoms with Gasteiger partial charge in [0, 0.05) is 12.1 Å². The molecule has 1 aromatic heterocycles. The zero-order valence-corrected chi connectivity index (χ0v) is 21.6. The summed E-state index contributed by atoms with van der Waals surface area (Å²) in [6, 6.07) is 12.6. The maximum atomic E-state index is 12.5. The van der Waals surface area contributed by atoms with Crippen LogP contribution in [0.5, 0.6) is 11.5 Å². The number of hydrogen-bond acceptors (Lipinski definition) is 7. The monoisotopic (exact) mass is 517 g/mol. The highest BCUT2D eigenvalue weighted by molar-refractivity contribution is 7.99. The van der Waals surface area contributed by atoms with Crippen molar-refractivity contribution in [2.24, 2.45) is 7.05 Å². The van der Waals surface area contributed by atoms with Crippen molar-refractivity contribution < 1.29 is 19.1 Å². The first-order valence-electron chi connectivity index (χ1n) is 11.0. The highest BCUT2D eigenvalue weighted by Crippen LogP contribution is 2.28. The molecule has 3 aromatic rings. The van der Waals surface area contributed by atoms with Gasteiger partial charge in [-0.2, -0.15) is 0 Å². The van der Waals surface area contributed by atoms with E-state index in [0.717, 1.165) is 6.42 Å². The average Bonchev–Trinajstić information content (AvgIpc) is 3.20. The maximum absolute atomic E-state index is 12.5. The largest absolute Gasteiger partial charge is 0.495 e. The van der Waals surface area contributed by atoms with Gasteiger partial charge in [0.25, 0.3) is 5.91 Å². The van der Waals surface area contributed by atoms with Crippen LogP contribution in [0, 0.1) is 0 Å². The molecular weight excluding hydrogens is 490 g/mol. The fourth-order valence-corrected chi connectivity index (χ4v) is 3.99. The van der Waals surface area contributed by atoms with Crippen molar-refractivity contribution in [2.75, 3.05) is 18.2 Å². The van der Waals surface area contributed by atoms with Crippen LogP contribution in [-0.4, -0.2) is 45.5 Å². The number of aromatic nitrogens is 3. The van der Waals surface area contributed by atoms with Gasteiger partial charge in [-0.05, 0) is 49.2 Å². The Bertz CT molecular complexity index is 1170. The number of methoxy groups -OCH3 is 1. The number of halogens is 1. The van der Waals surface area contributed by atoms with E-state index in [0.29, 0.717) is 33.2 Å². The molecular formula is C24H28ClN5O4S. The highest BCUT2D eigenvalue weighted by atomic mass is 35.5. The van der Waals surface area contributed by atoms with Crippen molar-refractivity contribution in [3.8, 4) is 11.5 Å². The van der Waals surface area contributed by atoms with Gasteiger partial charge in [-0.3, -0.25) is 9.59 Å². The summed E-state index contributed by atoms with van der Waals surface area (Å²) in [5, 5.41) is 14.9. The van der Waals surface area contributed by atoms with Crippen molar-refractivity contribution in [1.82, 2.24) is 20.1 Å². The van der Waals surface area contributed by atoms with Gasteiger partial charge >= 0.3 is 0 Å². The zero-order valence-electron chi connectivity index (χ0n) is 20.0. The summed E-state index contributed by atoms with van der Waals surface area (Å²) < 4.78 is 12.7. The maximum Gasteiger partial charge on any atom is 0.261 e. The number of carbonyl (C=O) groups is 2. The molecule has 2 amide bonds. The van der Waals surface area contributed by atoms with Gasteiger partial charge in [-0.25, -0.2) is 0 Å². The predicted octanol–water partition coefficient (Wildman–Crippen LogP) is 3.85. The minimum atomic E-state index is -0.670. The van der Waals surface area contributed by atoms with Gasteiger partial charge in [-0.15, -0.1) is 10.2 Å². The molecule has 11 heteroatoms. The molecule has 2 N–H and O–H groups in total. The lowest BCUT2D eigenvalue weighted by molar-refractivity contribution is -0.127. The number of nitrogens with zero attached hydrogens (tertiary/aromatic N) is 3. The summed E-state index contributed by atoms with van der Waals surface area (Å²) in [5.41, 5.74) is 1.69. The zero-order chi connectivity index (χ0) is 25.4. The van der Waals surface area contributed by atoms with Gasteiger partial charge in [0.1, 0.15) is 11.5 Å². The standard InChI is InChI=1S/C24H28ClN5O4S/c1-5-16-6-9-18(10-7-16)34-15(2)23(32)26-13-21-28-29-24(30(21)3)35-14-22(31)27-19-12-17(25)8-11-20(19)33-4/h6-12,15H,5,13-14H2,1-4H3,(H,26,32)(H,27,31)/t15-/m0/s1. The van der Waals surface area contributed by atoms with Gasteiger partial charge in [-0.1, -0.05) is 42.4 Å². The van der Waals surface area contributed by atoms with Crippen molar-refractivity contribution in [2.45, 2.75) is 38.1 Å². The normalized spacial score (nSPS) is 11.6. The lowest BCUT2D eigenvalue weighted by Gasteiger charge is -2.15. The van der Waals surface area contributed by atoms with Crippen LogP contribution in [0.3, 0.4) is 0 Å². The number of nitrogens with one attached hydrogen (secondary N) is 2. The summed E-state index contributed by atoms with van der Waals surface area (Å²) in [7, 11) is 3.29. The Kier molecular flexibility index (Phi) is 9.39. The van der Waals surface area contributed by atoms with E-state index in [9.17, 15) is 9.59 Å². The Labute approximate surface area is 213 Å². The van der Waals surface area contributed by atoms with Crippen LogP contribution in [0.4, 0.5) is 5.69 Å². The second-order valence-electron chi connectivity index (χ2n) is 7.61. The van der Waals surface area contributed by atoms with Gasteiger partial charge in [0.15, 0.2) is 17.1 Å². The number of anilines is 1. The van der Waals surface area contributed by atoms with Crippen LogP contribution < -0.4 is 20.1 Å². The van der Waals surface area contributed by atoms with Crippen LogP contribution in [0.1, 0.15) is 25.2 Å². The van der Waals surface area contributed by atoms with E-state index in [1.165, 1.54) is 24.4 Å². The Hall–Kier alpha value is -3.24. The molecule has 3 rings (SSSR count). The fourth-order valence-electron chi connectivity index (χ4n) is 3.09. The quantitative estimate of drug-likeness (QED) is 0.372. The molecule has 0 radical (unpaired) electrons. The average molecular weight is 518 g/mol. The topological polar surface area (TPSA) is 107 Å². The Morgan fingerprint density at radius 3 is 2.60 bits per heavy atom. The number of ether oxygens (including phenoxy) is 2. The molecule has 0 saturated heterocycles. The second kappa shape index (κ2) is 12.5. The lowest BCUT2D eigenvalue weighted by atomic mass is 10.2. The molecule has 9 nitrogen and oxygen atoms in total. The fraction of sp³-hybridized carbons (Fsp3) is 0.333. The van der Waals surface area contributed by atoms with Crippen LogP contribution in [0.25, 0.3) is 0 Å². The molecule has 0 aliphatic heterocycles. The predicted molar refractivity (Wildman–Crippen MR) is 136 cm³/mol. The van der Waals surface area contributed by atoms with Gasteiger partial charge in [0.05, 0.1) is 25.1 Å². The number of benzene rings is 2. The molecule has 186 valence electrons. The van der Waals surface area contributed by atoms with E-state index in [-0.39, 0.29) is 24.1 Å². The SMILES string of the molecule is CCc1ccc(O[C@@H](C)C(=O)NCc2nnc(SCC(=O)Nc3cc(Cl)ccc3OC)n2C)cc1. The first-order chi connectivity index (χ1) is 16.8. The number of amides is 2. The molecule has 1 heterocycles. The van der Waals surface area contributed by atoms with Crippen molar-refractivity contribution >= 4 is 40.9 Å². The van der Waals surface area contributed by atoms with E-state index in [2.05, 4.69) is 27.8 Å². The molecule has 0 fully saturated rings. The molecule has 0 unspecified atom stereocenters. The summed E-state index contributed by atoms with van der Waals surface area (Å²) in [6.45, 7) is 3.95. The number of aryl methyl sites for hydroxylation is 1. The lowest BCUT2D eigenvalue weighted by Crippen LogP contribution is -2.36. The van der Waals surface area contributed by atoms with E-state index in [1.807, 2.05) is 24.3 Å². The van der Waals surface area contributed by atoms with Crippen LogP contribution in [0.2, 0.25) is 5.02 Å². The molecule has 0 aliphatic carbocycles. The van der Waals surface area contributed by atoms with Crippen molar-refractivity contribution in [3.63, 3.8) is 0 Å². The van der Waals surface area contributed by atoms with Crippen molar-refractivity contribution in [3.05, 3.63) is 58.9 Å². The summed E-state index contributed by atoms with van der Waals surface area (Å²) in [6.07, 6.45) is 0.270. The smallest absolute Gasteiger partial charge is 0.261 e. The number of hydrogen-bond donors (Lipinski definition) is 2. The molecule has 0 saturated carbocycles. The minimum Gasteiger partial charge on any atom is -0.495 e. The molecule has 1 atom stereocenters. The third-order valence-electron chi connectivity index (χ3n) is 5.13. The van der Waals surface area contributed by atoms with E-state index >= 15 is 0 Å². The third-order valence-corrected chi connectivity index (χ3v) is 6.38. The van der Waals surface area contributed by atoms with Gasteiger partial charge in [0.2, 0.25) is 5.91 Å². The van der Waals surface area contributed by atoms with Crippen LogP contribution >= 0.6 is 23.4 Å². The Morgan fingerprint density at radius 1 is 1.17 bits per heavy atom. The molecule has 0 aliphatic rings. The van der Waals surface area contributed by atoms with Crippen molar-refractivity contribution in [1.29, 1.82) is 0 Å². The van der Waals surface area contributed by atoms with Gasteiger partial charge < -0.3 is 24.7 Å². The minimum absolute atomic E-state index is 0.107. The number of thioether (sulfide) groups is 1. The van der Waals surface area contributed by atoms with Crippen LogP contribution in [-0.2, 0) is 29.6 Å². The summed E-state index contributed by atoms with van der Waals surface area (Å²) >= 11 is 7.23. The second-order valence-corrected chi connectivity index (χ2v) is 8.99. The molecule has 0 spiro atoms. The summed E-state index contributed by atoms with van der Waals surface area (Å²) in [4.78, 5) is 24.9. The van der Waals surface area contributed by atoms with E-state index in [4.69, 9.17) is 21.1 Å². The first-order valence-corrected chi connectivity index (χ1v) is 12.3. The molecule has 35 heavy (non-hydrogen) atoms.